The predicted octanol–water partition coefficient (Wildman–Crippen LogP) is 3.60. The molecule has 2 N–H and O–H groups in total. The summed E-state index contributed by atoms with van der Waals surface area (Å²) in [6.45, 7) is 4.56. The van der Waals surface area contributed by atoms with Crippen LogP contribution in [0.25, 0.3) is 0 Å². The highest BCUT2D eigenvalue weighted by atomic mass is 35.5. The normalized spacial score (nSPS) is 15.2. The summed E-state index contributed by atoms with van der Waals surface area (Å²) in [6, 6.07) is 11.1. The topological polar surface area (TPSA) is 100 Å². The number of ether oxygens (including phenoxy) is 2. The fraction of sp³-hybridized carbons (Fsp3) is 0.360. The fourth-order valence-corrected chi connectivity index (χ4v) is 4.38. The molecule has 1 saturated heterocycles. The Morgan fingerprint density at radius 2 is 1.89 bits per heavy atom. The third-order valence-electron chi connectivity index (χ3n) is 5.43. The highest BCUT2D eigenvalue weighted by Gasteiger charge is 2.44. The van der Waals surface area contributed by atoms with E-state index in [9.17, 15) is 14.4 Å². The number of nitrogens with zero attached hydrogens (tertiary/aromatic N) is 2. The van der Waals surface area contributed by atoms with Gasteiger partial charge in [-0.25, -0.2) is 0 Å². The van der Waals surface area contributed by atoms with Gasteiger partial charge in [-0.15, -0.1) is 0 Å². The van der Waals surface area contributed by atoms with E-state index in [1.165, 1.54) is 18.9 Å². The summed E-state index contributed by atoms with van der Waals surface area (Å²) in [5, 5.41) is 6.06. The predicted molar refractivity (Wildman–Crippen MR) is 143 cm³/mol. The van der Waals surface area contributed by atoms with Crippen molar-refractivity contribution in [3.63, 3.8) is 0 Å². The molecule has 0 saturated carbocycles. The smallest absolute Gasteiger partial charge is 0.256 e. The first-order valence-electron chi connectivity index (χ1n) is 11.5. The van der Waals surface area contributed by atoms with E-state index in [2.05, 4.69) is 10.6 Å². The van der Waals surface area contributed by atoms with Gasteiger partial charge in [-0.1, -0.05) is 18.5 Å². The standard InChI is InChI=1S/C25H29ClN4O5S/c1-4-13-35-19-8-5-17(6-9-19)28-23(32)15-21-24(33)30(18-7-10-22(34-3)20(26)14-18)25(36)29(21)12-11-27-16(2)31/h5-10,14,21H,4,11-13,15H2,1-3H3,(H,27,31)(H,28,32)/t21-/m1/s1. The van der Waals surface area contributed by atoms with Crippen molar-refractivity contribution < 1.29 is 23.9 Å². The quantitative estimate of drug-likeness (QED) is 0.426. The first-order chi connectivity index (χ1) is 17.2. The lowest BCUT2D eigenvalue weighted by atomic mass is 10.1. The third kappa shape index (κ3) is 6.64. The van der Waals surface area contributed by atoms with Gasteiger partial charge in [-0.3, -0.25) is 19.3 Å². The van der Waals surface area contributed by atoms with E-state index in [1.807, 2.05) is 6.92 Å². The molecular weight excluding hydrogens is 504 g/mol. The van der Waals surface area contributed by atoms with Crippen LogP contribution < -0.4 is 25.0 Å². The van der Waals surface area contributed by atoms with E-state index >= 15 is 0 Å². The molecule has 1 heterocycles. The molecule has 0 aromatic heterocycles. The lowest BCUT2D eigenvalue weighted by Crippen LogP contribution is -2.42. The van der Waals surface area contributed by atoms with Gasteiger partial charge in [-0.05, 0) is 61.1 Å². The molecule has 9 nitrogen and oxygen atoms in total. The van der Waals surface area contributed by atoms with Crippen LogP contribution in [0, 0.1) is 0 Å². The molecule has 0 bridgehead atoms. The fourth-order valence-electron chi connectivity index (χ4n) is 3.71. The zero-order chi connectivity index (χ0) is 26.2. The number of methoxy groups -OCH3 is 1. The van der Waals surface area contributed by atoms with Crippen molar-refractivity contribution in [2.75, 3.05) is 37.0 Å². The second kappa shape index (κ2) is 12.5. The minimum absolute atomic E-state index is 0.131. The molecule has 192 valence electrons. The van der Waals surface area contributed by atoms with Gasteiger partial charge in [0.1, 0.15) is 17.5 Å². The van der Waals surface area contributed by atoms with Crippen molar-refractivity contribution >= 4 is 58.0 Å². The van der Waals surface area contributed by atoms with Crippen LogP contribution >= 0.6 is 23.8 Å². The van der Waals surface area contributed by atoms with Gasteiger partial charge < -0.3 is 25.0 Å². The van der Waals surface area contributed by atoms with Crippen LogP contribution in [-0.2, 0) is 14.4 Å². The maximum Gasteiger partial charge on any atom is 0.256 e. The Morgan fingerprint density at radius 1 is 1.17 bits per heavy atom. The Kier molecular flexibility index (Phi) is 9.49. The maximum absolute atomic E-state index is 13.5. The third-order valence-corrected chi connectivity index (χ3v) is 6.14. The number of thiocarbonyl (C=S) groups is 1. The molecule has 2 aromatic rings. The number of benzene rings is 2. The highest BCUT2D eigenvalue weighted by molar-refractivity contribution is 7.80. The van der Waals surface area contributed by atoms with Crippen LogP contribution in [0.5, 0.6) is 11.5 Å². The van der Waals surface area contributed by atoms with E-state index in [0.717, 1.165) is 6.42 Å². The van der Waals surface area contributed by atoms with Gasteiger partial charge in [0.15, 0.2) is 5.11 Å². The van der Waals surface area contributed by atoms with Crippen LogP contribution in [0.1, 0.15) is 26.7 Å². The number of carbonyl (C=O) groups is 3. The van der Waals surface area contributed by atoms with Gasteiger partial charge in [0.05, 0.1) is 30.8 Å². The summed E-state index contributed by atoms with van der Waals surface area (Å²) in [5.41, 5.74) is 1.05. The average Bonchev–Trinajstić information content (AvgIpc) is 3.07. The molecule has 1 fully saturated rings. The molecule has 3 amide bonds. The van der Waals surface area contributed by atoms with E-state index < -0.39 is 6.04 Å². The molecule has 1 aliphatic rings. The van der Waals surface area contributed by atoms with Crippen molar-refractivity contribution in [1.29, 1.82) is 0 Å². The van der Waals surface area contributed by atoms with Crippen molar-refractivity contribution in [1.82, 2.24) is 10.2 Å². The second-order valence-corrected chi connectivity index (χ2v) is 8.86. The van der Waals surface area contributed by atoms with Crippen molar-refractivity contribution in [2.45, 2.75) is 32.7 Å². The zero-order valence-electron chi connectivity index (χ0n) is 20.4. The molecule has 11 heteroatoms. The molecule has 2 aromatic carbocycles. The molecular formula is C25H29ClN4O5S. The summed E-state index contributed by atoms with van der Waals surface area (Å²) in [5.74, 6) is 0.262. The summed E-state index contributed by atoms with van der Waals surface area (Å²) in [6.07, 6.45) is 0.765. The lowest BCUT2D eigenvalue weighted by molar-refractivity contribution is -0.124. The van der Waals surface area contributed by atoms with Gasteiger partial charge in [0.25, 0.3) is 5.91 Å². The van der Waals surface area contributed by atoms with Gasteiger partial charge in [-0.2, -0.15) is 0 Å². The number of halogens is 1. The van der Waals surface area contributed by atoms with Crippen molar-refractivity contribution in [2.24, 2.45) is 0 Å². The number of rotatable bonds is 11. The van der Waals surface area contributed by atoms with E-state index in [4.69, 9.17) is 33.3 Å². The highest BCUT2D eigenvalue weighted by Crippen LogP contribution is 2.33. The van der Waals surface area contributed by atoms with E-state index in [0.29, 0.717) is 34.5 Å². The van der Waals surface area contributed by atoms with Crippen LogP contribution in [0.15, 0.2) is 42.5 Å². The molecule has 0 radical (unpaired) electrons. The van der Waals surface area contributed by atoms with E-state index in [1.54, 1.807) is 47.4 Å². The van der Waals surface area contributed by atoms with Crippen LogP contribution in [0.2, 0.25) is 5.02 Å². The molecule has 1 atom stereocenters. The van der Waals surface area contributed by atoms with Gasteiger partial charge in [0, 0.05) is 25.7 Å². The number of nitrogens with one attached hydrogen (secondary N) is 2. The van der Waals surface area contributed by atoms with Crippen molar-refractivity contribution in [3.05, 3.63) is 47.5 Å². The molecule has 36 heavy (non-hydrogen) atoms. The Hall–Kier alpha value is -3.37. The number of anilines is 2. The van der Waals surface area contributed by atoms with Gasteiger partial charge in [0.2, 0.25) is 11.8 Å². The molecule has 3 rings (SSSR count). The summed E-state index contributed by atoms with van der Waals surface area (Å²) < 4.78 is 10.8. The Labute approximate surface area is 220 Å². The maximum atomic E-state index is 13.5. The number of carbonyl (C=O) groups excluding carboxylic acids is 3. The Balaban J connectivity index is 1.77. The van der Waals surface area contributed by atoms with Gasteiger partial charge >= 0.3 is 0 Å². The summed E-state index contributed by atoms with van der Waals surface area (Å²) in [7, 11) is 1.50. The largest absolute Gasteiger partial charge is 0.495 e. The van der Waals surface area contributed by atoms with Crippen LogP contribution in [0.3, 0.4) is 0 Å². The second-order valence-electron chi connectivity index (χ2n) is 8.09. The zero-order valence-corrected chi connectivity index (χ0v) is 21.9. The minimum atomic E-state index is -0.848. The SMILES string of the molecule is CCCOc1ccc(NC(=O)C[C@@H]2C(=O)N(c3ccc(OC)c(Cl)c3)C(=S)N2CCNC(C)=O)cc1. The molecule has 0 aliphatic carbocycles. The lowest BCUT2D eigenvalue weighted by Gasteiger charge is -2.24. The van der Waals surface area contributed by atoms with Crippen molar-refractivity contribution in [3.8, 4) is 11.5 Å². The first-order valence-corrected chi connectivity index (χ1v) is 12.3. The number of hydrogen-bond donors (Lipinski definition) is 2. The van der Waals surface area contributed by atoms with Crippen LogP contribution in [0.4, 0.5) is 11.4 Å². The molecule has 0 unspecified atom stereocenters. The monoisotopic (exact) mass is 532 g/mol. The van der Waals surface area contributed by atoms with E-state index in [-0.39, 0.29) is 42.3 Å². The number of amides is 3. The van der Waals surface area contributed by atoms with Crippen LogP contribution in [-0.4, -0.2) is 60.6 Å². The average molecular weight is 533 g/mol. The first kappa shape index (κ1) is 27.2. The Morgan fingerprint density at radius 3 is 2.50 bits per heavy atom. The molecule has 0 spiro atoms. The minimum Gasteiger partial charge on any atom is -0.495 e. The Bertz CT molecular complexity index is 1130. The summed E-state index contributed by atoms with van der Waals surface area (Å²) >= 11 is 11.9. The number of hydrogen-bond acceptors (Lipinski definition) is 6. The molecule has 1 aliphatic heterocycles. The summed E-state index contributed by atoms with van der Waals surface area (Å²) in [4.78, 5) is 40.7.